The van der Waals surface area contributed by atoms with Gasteiger partial charge in [0.1, 0.15) is 0 Å². The molecule has 0 bridgehead atoms. The van der Waals surface area contributed by atoms with Crippen LogP contribution in [0.3, 0.4) is 0 Å². The molecule has 1 heterocycles. The third-order valence-electron chi connectivity index (χ3n) is 2.34. The Balaban J connectivity index is 2.33. The van der Waals surface area contributed by atoms with E-state index in [0.29, 0.717) is 6.04 Å². The predicted octanol–water partition coefficient (Wildman–Crippen LogP) is 0.883. The molecule has 0 fully saturated rings. The fourth-order valence-electron chi connectivity index (χ4n) is 1.52. The van der Waals surface area contributed by atoms with E-state index in [-0.39, 0.29) is 0 Å². The monoisotopic (exact) mass is 209 g/mol. The first-order valence-corrected chi connectivity index (χ1v) is 5.20. The van der Waals surface area contributed by atoms with E-state index in [1.807, 2.05) is 12.3 Å². The molecule has 0 radical (unpaired) electrons. The second-order valence-corrected chi connectivity index (χ2v) is 3.56. The summed E-state index contributed by atoms with van der Waals surface area (Å²) in [7, 11) is 1.71. The van der Waals surface area contributed by atoms with Gasteiger partial charge < -0.3 is 4.74 Å². The molecule has 0 amide bonds. The summed E-state index contributed by atoms with van der Waals surface area (Å²) in [5.74, 6) is 5.49. The number of nitrogens with one attached hydrogen (secondary N) is 1. The van der Waals surface area contributed by atoms with Crippen molar-refractivity contribution in [1.29, 1.82) is 0 Å². The van der Waals surface area contributed by atoms with Crippen LogP contribution < -0.4 is 11.3 Å². The van der Waals surface area contributed by atoms with Gasteiger partial charge in [-0.1, -0.05) is 6.07 Å². The maximum absolute atomic E-state index is 5.49. The van der Waals surface area contributed by atoms with E-state index in [4.69, 9.17) is 10.6 Å². The molecular weight excluding hydrogens is 190 g/mol. The Morgan fingerprint density at radius 3 is 3.07 bits per heavy atom. The maximum atomic E-state index is 5.49. The zero-order chi connectivity index (χ0) is 10.9. The van der Waals surface area contributed by atoms with Crippen molar-refractivity contribution >= 4 is 0 Å². The highest BCUT2D eigenvalue weighted by Crippen LogP contribution is 2.05. The van der Waals surface area contributed by atoms with E-state index in [9.17, 15) is 0 Å². The van der Waals surface area contributed by atoms with Gasteiger partial charge in [-0.3, -0.25) is 16.3 Å². The molecule has 1 atom stereocenters. The van der Waals surface area contributed by atoms with Gasteiger partial charge in [0.05, 0.1) is 0 Å². The van der Waals surface area contributed by atoms with E-state index in [0.717, 1.165) is 25.9 Å². The third-order valence-corrected chi connectivity index (χ3v) is 2.34. The fourth-order valence-corrected chi connectivity index (χ4v) is 1.52. The van der Waals surface area contributed by atoms with Gasteiger partial charge in [-0.2, -0.15) is 0 Å². The van der Waals surface area contributed by atoms with Crippen LogP contribution in [-0.4, -0.2) is 24.7 Å². The number of hydrogen-bond donors (Lipinski definition) is 2. The van der Waals surface area contributed by atoms with Crippen LogP contribution in [0.5, 0.6) is 0 Å². The van der Waals surface area contributed by atoms with E-state index >= 15 is 0 Å². The summed E-state index contributed by atoms with van der Waals surface area (Å²) in [6, 6.07) is 4.30. The Kier molecular flexibility index (Phi) is 5.92. The highest BCUT2D eigenvalue weighted by Gasteiger charge is 2.06. The lowest BCUT2D eigenvalue weighted by molar-refractivity contribution is 0.188. The van der Waals surface area contributed by atoms with E-state index < -0.39 is 0 Å². The van der Waals surface area contributed by atoms with Gasteiger partial charge in [0.2, 0.25) is 0 Å². The Bertz CT molecular complexity index is 253. The number of hydrogen-bond acceptors (Lipinski definition) is 4. The molecule has 1 aromatic rings. The topological polar surface area (TPSA) is 60.2 Å². The minimum atomic E-state index is 0.296. The number of rotatable bonds is 7. The molecule has 0 saturated carbocycles. The average Bonchev–Trinajstić information content (AvgIpc) is 2.29. The van der Waals surface area contributed by atoms with Crippen molar-refractivity contribution < 1.29 is 4.74 Å². The second kappa shape index (κ2) is 7.34. The van der Waals surface area contributed by atoms with Gasteiger partial charge >= 0.3 is 0 Å². The first-order chi connectivity index (χ1) is 7.36. The van der Waals surface area contributed by atoms with Crippen LogP contribution in [0.4, 0.5) is 0 Å². The Morgan fingerprint density at radius 1 is 1.60 bits per heavy atom. The summed E-state index contributed by atoms with van der Waals surface area (Å²) in [6.45, 7) is 0.783. The summed E-state index contributed by atoms with van der Waals surface area (Å²) in [5, 5.41) is 0. The zero-order valence-electron chi connectivity index (χ0n) is 9.15. The van der Waals surface area contributed by atoms with E-state index in [2.05, 4.69) is 16.5 Å². The van der Waals surface area contributed by atoms with E-state index in [1.54, 1.807) is 13.3 Å². The average molecular weight is 209 g/mol. The van der Waals surface area contributed by atoms with Crippen LogP contribution in [0.25, 0.3) is 0 Å². The van der Waals surface area contributed by atoms with E-state index in [1.165, 1.54) is 5.56 Å². The lowest BCUT2D eigenvalue weighted by atomic mass is 10.0. The molecule has 0 aromatic carbocycles. The van der Waals surface area contributed by atoms with Crippen molar-refractivity contribution in [3.63, 3.8) is 0 Å². The molecular formula is C11H19N3O. The second-order valence-electron chi connectivity index (χ2n) is 3.56. The highest BCUT2D eigenvalue weighted by molar-refractivity contribution is 5.09. The molecule has 0 aliphatic rings. The van der Waals surface area contributed by atoms with Crippen LogP contribution in [0.15, 0.2) is 24.5 Å². The van der Waals surface area contributed by atoms with Gasteiger partial charge in [0.15, 0.2) is 0 Å². The summed E-state index contributed by atoms with van der Waals surface area (Å²) in [6.07, 6.45) is 6.60. The van der Waals surface area contributed by atoms with Crippen molar-refractivity contribution in [1.82, 2.24) is 10.4 Å². The van der Waals surface area contributed by atoms with Crippen molar-refractivity contribution in [2.24, 2.45) is 5.84 Å². The number of nitrogens with zero attached hydrogens (tertiary/aromatic N) is 1. The van der Waals surface area contributed by atoms with Gasteiger partial charge in [-0.25, -0.2) is 0 Å². The first kappa shape index (κ1) is 12.1. The predicted molar refractivity (Wildman–Crippen MR) is 60.2 cm³/mol. The Hall–Kier alpha value is -0.970. The smallest absolute Gasteiger partial charge is 0.0462 e. The number of pyridine rings is 1. The molecule has 1 unspecified atom stereocenters. The minimum absolute atomic E-state index is 0.296. The van der Waals surface area contributed by atoms with Gasteiger partial charge in [-0.05, 0) is 30.9 Å². The molecule has 15 heavy (non-hydrogen) atoms. The summed E-state index contributed by atoms with van der Waals surface area (Å²) in [5.41, 5.74) is 4.03. The summed E-state index contributed by atoms with van der Waals surface area (Å²) >= 11 is 0. The molecule has 4 nitrogen and oxygen atoms in total. The van der Waals surface area contributed by atoms with Crippen LogP contribution in [0.2, 0.25) is 0 Å². The number of nitrogens with two attached hydrogens (primary N) is 1. The van der Waals surface area contributed by atoms with Crippen LogP contribution in [0.1, 0.15) is 18.4 Å². The number of ether oxygens (including phenoxy) is 1. The normalized spacial score (nSPS) is 12.7. The molecule has 1 rings (SSSR count). The van der Waals surface area contributed by atoms with Gasteiger partial charge in [-0.15, -0.1) is 0 Å². The van der Waals surface area contributed by atoms with Crippen LogP contribution >= 0.6 is 0 Å². The number of hydrazine groups is 1. The molecule has 4 heteroatoms. The third kappa shape index (κ3) is 4.88. The summed E-state index contributed by atoms with van der Waals surface area (Å²) < 4.78 is 5.01. The molecule has 84 valence electrons. The minimum Gasteiger partial charge on any atom is -0.385 e. The number of methoxy groups -OCH3 is 1. The van der Waals surface area contributed by atoms with Crippen molar-refractivity contribution in [2.45, 2.75) is 25.3 Å². The Morgan fingerprint density at radius 2 is 2.47 bits per heavy atom. The number of aromatic nitrogens is 1. The van der Waals surface area contributed by atoms with Gasteiger partial charge in [0, 0.05) is 32.2 Å². The molecule has 0 spiro atoms. The Labute approximate surface area is 90.8 Å². The summed E-state index contributed by atoms with van der Waals surface area (Å²) in [4.78, 5) is 4.08. The largest absolute Gasteiger partial charge is 0.385 e. The molecule has 1 aromatic heterocycles. The quantitative estimate of drug-likeness (QED) is 0.397. The lowest BCUT2D eigenvalue weighted by Crippen LogP contribution is -2.36. The highest BCUT2D eigenvalue weighted by atomic mass is 16.5. The maximum Gasteiger partial charge on any atom is 0.0462 e. The SMILES string of the molecule is COCCCC(Cc1cccnc1)NN. The van der Waals surface area contributed by atoms with Gasteiger partial charge in [0.25, 0.3) is 0 Å². The standard InChI is InChI=1S/C11H19N3O/c1-15-7-3-5-11(14-12)8-10-4-2-6-13-9-10/h2,4,6,9,11,14H,3,5,7-8,12H2,1H3. The van der Waals surface area contributed by atoms with Crippen molar-refractivity contribution in [3.8, 4) is 0 Å². The molecule has 0 aliphatic heterocycles. The molecule has 0 aliphatic carbocycles. The zero-order valence-corrected chi connectivity index (χ0v) is 9.15. The lowest BCUT2D eigenvalue weighted by Gasteiger charge is -2.15. The molecule has 0 saturated heterocycles. The van der Waals surface area contributed by atoms with Crippen molar-refractivity contribution in [3.05, 3.63) is 30.1 Å². The van der Waals surface area contributed by atoms with Crippen LogP contribution in [-0.2, 0) is 11.2 Å². The van der Waals surface area contributed by atoms with Crippen molar-refractivity contribution in [2.75, 3.05) is 13.7 Å². The molecule has 3 N–H and O–H groups in total. The fraction of sp³-hybridized carbons (Fsp3) is 0.545. The first-order valence-electron chi connectivity index (χ1n) is 5.20. The van der Waals surface area contributed by atoms with Crippen LogP contribution in [0, 0.1) is 0 Å².